The number of nitrogens with zero attached hydrogens (tertiary/aromatic N) is 4. The number of carbonyl (C=O) groups is 1. The largest absolute Gasteiger partial charge is 0.382 e. The Hall–Kier alpha value is -3.00. The van der Waals surface area contributed by atoms with Crippen LogP contribution in [0.2, 0.25) is 0 Å². The van der Waals surface area contributed by atoms with Crippen LogP contribution in [-0.4, -0.2) is 35.7 Å². The van der Waals surface area contributed by atoms with Gasteiger partial charge in [0.15, 0.2) is 5.82 Å². The third-order valence-corrected chi connectivity index (χ3v) is 3.75. The van der Waals surface area contributed by atoms with E-state index in [0.29, 0.717) is 11.4 Å². The Morgan fingerprint density at radius 3 is 2.80 bits per heavy atom. The molecule has 0 aliphatic heterocycles. The predicted octanol–water partition coefficient (Wildman–Crippen LogP) is 1.46. The Labute approximate surface area is 144 Å². The predicted molar refractivity (Wildman–Crippen MR) is 91.1 cm³/mol. The summed E-state index contributed by atoms with van der Waals surface area (Å²) in [5.41, 5.74) is 1.26. The van der Waals surface area contributed by atoms with Crippen molar-refractivity contribution in [3.8, 4) is 5.69 Å². The van der Waals surface area contributed by atoms with E-state index in [1.54, 1.807) is 32.4 Å². The summed E-state index contributed by atoms with van der Waals surface area (Å²) < 4.78 is 1.88. The number of hydrogen-bond acceptors (Lipinski definition) is 5. The highest BCUT2D eigenvalue weighted by atomic mass is 16.3. The van der Waals surface area contributed by atoms with E-state index in [-0.39, 0.29) is 18.3 Å². The van der Waals surface area contributed by atoms with Gasteiger partial charge in [0.2, 0.25) is 0 Å². The second-order valence-corrected chi connectivity index (χ2v) is 6.32. The summed E-state index contributed by atoms with van der Waals surface area (Å²) in [4.78, 5) is 20.6. The van der Waals surface area contributed by atoms with Gasteiger partial charge >= 0.3 is 0 Å². The molecule has 0 bridgehead atoms. The van der Waals surface area contributed by atoms with Gasteiger partial charge < -0.3 is 15.0 Å². The average Bonchev–Trinajstić information content (AvgIpc) is 3.23. The molecule has 0 radical (unpaired) electrons. The van der Waals surface area contributed by atoms with Crippen molar-refractivity contribution in [2.75, 3.05) is 0 Å². The summed E-state index contributed by atoms with van der Waals surface area (Å²) in [6.45, 7) is 5.29. The first-order valence-electron chi connectivity index (χ1n) is 7.86. The Morgan fingerprint density at radius 2 is 2.20 bits per heavy atom. The summed E-state index contributed by atoms with van der Waals surface area (Å²) in [6, 6.07) is 5.57. The average molecular weight is 340 g/mol. The molecule has 0 aliphatic rings. The van der Waals surface area contributed by atoms with E-state index in [4.69, 9.17) is 0 Å². The quantitative estimate of drug-likeness (QED) is 0.651. The molecule has 0 unspecified atom stereocenters. The van der Waals surface area contributed by atoms with Crippen LogP contribution in [0.15, 0.2) is 36.9 Å². The fourth-order valence-electron chi connectivity index (χ4n) is 2.38. The number of rotatable bonds is 5. The van der Waals surface area contributed by atoms with Crippen molar-refractivity contribution in [1.82, 2.24) is 30.0 Å². The van der Waals surface area contributed by atoms with Crippen LogP contribution in [-0.2, 0) is 12.1 Å². The van der Waals surface area contributed by atoms with Crippen LogP contribution >= 0.6 is 0 Å². The molecule has 8 nitrogen and oxygen atoms in total. The monoisotopic (exact) mass is 340 g/mol. The van der Waals surface area contributed by atoms with Crippen LogP contribution in [0.25, 0.3) is 5.69 Å². The standard InChI is InChI=1S/C17H20N6O2/c1-11-8-12(23-7-6-18-10-23)4-5-13(11)15(24)19-9-14-20-16(22-21-14)17(2,3)25/h4-8,10,25H,9H2,1-3H3,(H,19,24)(H,20,21,22). The zero-order valence-corrected chi connectivity index (χ0v) is 14.3. The molecule has 130 valence electrons. The molecule has 2 aromatic heterocycles. The van der Waals surface area contributed by atoms with Crippen LogP contribution in [0.5, 0.6) is 0 Å². The lowest BCUT2D eigenvalue weighted by Gasteiger charge is -2.11. The summed E-state index contributed by atoms with van der Waals surface area (Å²) in [5.74, 6) is 0.576. The number of aliphatic hydroxyl groups is 1. The van der Waals surface area contributed by atoms with E-state index < -0.39 is 5.60 Å². The number of benzene rings is 1. The minimum Gasteiger partial charge on any atom is -0.382 e. The molecular formula is C17H20N6O2. The van der Waals surface area contributed by atoms with Crippen LogP contribution in [0.4, 0.5) is 0 Å². The molecule has 25 heavy (non-hydrogen) atoms. The molecule has 8 heteroatoms. The first-order valence-corrected chi connectivity index (χ1v) is 7.86. The Balaban J connectivity index is 1.68. The van der Waals surface area contributed by atoms with Crippen molar-refractivity contribution < 1.29 is 9.90 Å². The maximum Gasteiger partial charge on any atom is 0.251 e. The smallest absolute Gasteiger partial charge is 0.251 e. The van der Waals surface area contributed by atoms with Crippen molar-refractivity contribution >= 4 is 5.91 Å². The van der Waals surface area contributed by atoms with Gasteiger partial charge in [-0.3, -0.25) is 9.89 Å². The number of aromatic amines is 1. The maximum absolute atomic E-state index is 12.4. The van der Waals surface area contributed by atoms with Gasteiger partial charge in [0.05, 0.1) is 12.9 Å². The zero-order chi connectivity index (χ0) is 18.0. The first-order chi connectivity index (χ1) is 11.8. The number of amides is 1. The maximum atomic E-state index is 12.4. The van der Waals surface area contributed by atoms with Gasteiger partial charge in [-0.15, -0.1) is 0 Å². The van der Waals surface area contributed by atoms with E-state index in [1.807, 2.05) is 29.8 Å². The first kappa shape index (κ1) is 16.8. The van der Waals surface area contributed by atoms with Crippen molar-refractivity contribution in [3.05, 3.63) is 59.7 Å². The van der Waals surface area contributed by atoms with Crippen LogP contribution in [0.1, 0.15) is 41.4 Å². The fourth-order valence-corrected chi connectivity index (χ4v) is 2.38. The molecule has 3 N–H and O–H groups in total. The minimum absolute atomic E-state index is 0.198. The van der Waals surface area contributed by atoms with E-state index in [1.165, 1.54) is 0 Å². The summed E-state index contributed by atoms with van der Waals surface area (Å²) >= 11 is 0. The lowest BCUT2D eigenvalue weighted by molar-refractivity contribution is 0.0690. The van der Waals surface area contributed by atoms with E-state index in [0.717, 1.165) is 11.3 Å². The normalized spacial score (nSPS) is 11.5. The fraction of sp³-hybridized carbons (Fsp3) is 0.294. The van der Waals surface area contributed by atoms with Crippen LogP contribution < -0.4 is 5.32 Å². The van der Waals surface area contributed by atoms with Crippen molar-refractivity contribution in [1.29, 1.82) is 0 Å². The molecule has 0 atom stereocenters. The number of nitrogens with one attached hydrogen (secondary N) is 2. The molecule has 0 saturated heterocycles. The van der Waals surface area contributed by atoms with Gasteiger partial charge in [-0.25, -0.2) is 9.97 Å². The van der Waals surface area contributed by atoms with Crippen molar-refractivity contribution in [2.45, 2.75) is 32.9 Å². The number of H-pyrrole nitrogens is 1. The second-order valence-electron chi connectivity index (χ2n) is 6.32. The van der Waals surface area contributed by atoms with Gasteiger partial charge in [0.1, 0.15) is 11.4 Å². The van der Waals surface area contributed by atoms with Crippen molar-refractivity contribution in [3.63, 3.8) is 0 Å². The topological polar surface area (TPSA) is 109 Å². The molecule has 0 spiro atoms. The number of imidazole rings is 1. The Kier molecular flexibility index (Phi) is 4.37. The third-order valence-electron chi connectivity index (χ3n) is 3.75. The van der Waals surface area contributed by atoms with Gasteiger partial charge in [-0.05, 0) is 44.5 Å². The number of carbonyl (C=O) groups excluding carboxylic acids is 1. The van der Waals surface area contributed by atoms with E-state index in [9.17, 15) is 9.90 Å². The van der Waals surface area contributed by atoms with E-state index in [2.05, 4.69) is 25.5 Å². The molecule has 0 saturated carbocycles. The third kappa shape index (κ3) is 3.74. The van der Waals surface area contributed by atoms with Gasteiger partial charge in [0.25, 0.3) is 5.91 Å². The number of hydrogen-bond donors (Lipinski definition) is 3. The molecule has 3 rings (SSSR count). The molecule has 1 amide bonds. The van der Waals surface area contributed by atoms with E-state index >= 15 is 0 Å². The van der Waals surface area contributed by atoms with Gasteiger partial charge in [-0.1, -0.05) is 0 Å². The van der Waals surface area contributed by atoms with Gasteiger partial charge in [0, 0.05) is 23.6 Å². The number of aromatic nitrogens is 5. The lowest BCUT2D eigenvalue weighted by Crippen LogP contribution is -2.24. The Bertz CT molecular complexity index is 877. The molecule has 1 aromatic carbocycles. The summed E-state index contributed by atoms with van der Waals surface area (Å²) in [7, 11) is 0. The minimum atomic E-state index is -1.13. The summed E-state index contributed by atoms with van der Waals surface area (Å²) in [5, 5.41) is 19.3. The molecule has 0 aliphatic carbocycles. The van der Waals surface area contributed by atoms with Gasteiger partial charge in [-0.2, -0.15) is 5.10 Å². The molecular weight excluding hydrogens is 320 g/mol. The number of aryl methyl sites for hydroxylation is 1. The molecule has 0 fully saturated rings. The lowest BCUT2D eigenvalue weighted by atomic mass is 10.1. The summed E-state index contributed by atoms with van der Waals surface area (Å²) in [6.07, 6.45) is 5.26. The Morgan fingerprint density at radius 1 is 1.40 bits per heavy atom. The SMILES string of the molecule is Cc1cc(-n2ccnc2)ccc1C(=O)NCc1nc(C(C)(C)O)n[nH]1. The molecule has 2 heterocycles. The highest BCUT2D eigenvalue weighted by Gasteiger charge is 2.21. The van der Waals surface area contributed by atoms with Crippen LogP contribution in [0.3, 0.4) is 0 Å². The second kappa shape index (κ2) is 6.48. The van der Waals surface area contributed by atoms with Crippen LogP contribution in [0, 0.1) is 6.92 Å². The highest BCUT2D eigenvalue weighted by Crippen LogP contribution is 2.16. The molecule has 3 aromatic rings. The van der Waals surface area contributed by atoms with Crippen molar-refractivity contribution in [2.24, 2.45) is 0 Å². The highest BCUT2D eigenvalue weighted by molar-refractivity contribution is 5.95. The zero-order valence-electron chi connectivity index (χ0n) is 14.3.